The zero-order valence-electron chi connectivity index (χ0n) is 11.4. The van der Waals surface area contributed by atoms with E-state index in [-0.39, 0.29) is 21.8 Å². The molecule has 7 heteroatoms. The number of likely N-dealkylation sites (N-methyl/N-ethyl adjacent to an activating group) is 1. The number of halogens is 2. The summed E-state index contributed by atoms with van der Waals surface area (Å²) in [5.74, 6) is -0.321. The molecule has 2 rings (SSSR count). The van der Waals surface area contributed by atoms with Crippen LogP contribution in [-0.2, 0) is 0 Å². The van der Waals surface area contributed by atoms with Crippen LogP contribution in [0.1, 0.15) is 10.4 Å². The third kappa shape index (κ3) is 4.31. The molecule has 0 aliphatic carbocycles. The molecule has 0 radical (unpaired) electrons. The Morgan fingerprint density at radius 2 is 1.95 bits per heavy atom. The van der Waals surface area contributed by atoms with Gasteiger partial charge in [-0.15, -0.1) is 10.2 Å². The largest absolute Gasteiger partial charge is 0.373 e. The van der Waals surface area contributed by atoms with Gasteiger partial charge in [0.05, 0.1) is 5.56 Å². The molecule has 5 nitrogen and oxygen atoms in total. The second-order valence-corrected chi connectivity index (χ2v) is 5.13. The third-order valence-electron chi connectivity index (χ3n) is 2.89. The Kier molecular flexibility index (Phi) is 5.36. The number of nitrogens with zero attached hydrogens (tertiary/aromatic N) is 3. The second kappa shape index (κ2) is 7.24. The summed E-state index contributed by atoms with van der Waals surface area (Å²) >= 11 is 11.5. The molecule has 1 aromatic carbocycles. The Morgan fingerprint density at radius 1 is 1.24 bits per heavy atom. The number of carbonyl (C=O) groups excluding carboxylic acids is 1. The van der Waals surface area contributed by atoms with Crippen LogP contribution in [0.25, 0.3) is 0 Å². The third-order valence-corrected chi connectivity index (χ3v) is 3.36. The topological polar surface area (TPSA) is 58.1 Å². The molecule has 0 fully saturated rings. The maximum atomic E-state index is 12.0. The van der Waals surface area contributed by atoms with E-state index in [0.717, 1.165) is 5.69 Å². The van der Waals surface area contributed by atoms with Crippen LogP contribution in [0, 0.1) is 0 Å². The van der Waals surface area contributed by atoms with Gasteiger partial charge >= 0.3 is 0 Å². The van der Waals surface area contributed by atoms with E-state index >= 15 is 0 Å². The highest BCUT2D eigenvalue weighted by Crippen LogP contribution is 2.15. The van der Waals surface area contributed by atoms with Crippen LogP contribution in [0.2, 0.25) is 10.3 Å². The van der Waals surface area contributed by atoms with Crippen LogP contribution < -0.4 is 10.2 Å². The Bertz CT molecular complexity index is 622. The van der Waals surface area contributed by atoms with E-state index in [9.17, 15) is 4.79 Å². The fourth-order valence-corrected chi connectivity index (χ4v) is 2.08. The maximum absolute atomic E-state index is 12.0. The predicted octanol–water partition coefficient (Wildman–Crippen LogP) is 2.65. The second-order valence-electron chi connectivity index (χ2n) is 4.38. The molecular formula is C14H14Cl2N4O. The van der Waals surface area contributed by atoms with Gasteiger partial charge in [-0.2, -0.15) is 0 Å². The molecule has 1 heterocycles. The minimum Gasteiger partial charge on any atom is -0.373 e. The number of benzene rings is 1. The number of amides is 1. The molecule has 0 aliphatic rings. The van der Waals surface area contributed by atoms with E-state index in [1.165, 1.54) is 6.07 Å². The van der Waals surface area contributed by atoms with Crippen molar-refractivity contribution >= 4 is 34.8 Å². The normalized spacial score (nSPS) is 10.2. The molecule has 1 aromatic heterocycles. The number of hydrogen-bond donors (Lipinski definition) is 1. The standard InChI is InChI=1S/C14H14Cl2N4O/c1-20(10-5-3-2-4-6-10)8-7-17-14(21)11-9-12(15)18-19-13(11)16/h2-6,9H,7-8H2,1H3,(H,17,21). The molecule has 0 aliphatic heterocycles. The van der Waals surface area contributed by atoms with E-state index in [2.05, 4.69) is 15.5 Å². The van der Waals surface area contributed by atoms with Crippen molar-refractivity contribution in [2.75, 3.05) is 25.0 Å². The van der Waals surface area contributed by atoms with Crippen molar-refractivity contribution in [3.8, 4) is 0 Å². The highest BCUT2D eigenvalue weighted by molar-refractivity contribution is 6.34. The van der Waals surface area contributed by atoms with Crippen LogP contribution in [0.15, 0.2) is 36.4 Å². The Balaban J connectivity index is 1.88. The average molecular weight is 325 g/mol. The first-order chi connectivity index (χ1) is 10.1. The first-order valence-corrected chi connectivity index (χ1v) is 7.06. The highest BCUT2D eigenvalue weighted by atomic mass is 35.5. The van der Waals surface area contributed by atoms with Gasteiger partial charge in [-0.1, -0.05) is 41.4 Å². The van der Waals surface area contributed by atoms with Crippen molar-refractivity contribution in [1.29, 1.82) is 0 Å². The van der Waals surface area contributed by atoms with Crippen LogP contribution in [-0.4, -0.2) is 36.2 Å². The molecule has 2 aromatic rings. The van der Waals surface area contributed by atoms with Gasteiger partial charge in [0, 0.05) is 25.8 Å². The fraction of sp³-hybridized carbons (Fsp3) is 0.214. The van der Waals surface area contributed by atoms with Gasteiger partial charge in [0.1, 0.15) is 0 Å². The lowest BCUT2D eigenvalue weighted by Crippen LogP contribution is -2.33. The molecule has 0 atom stereocenters. The van der Waals surface area contributed by atoms with E-state index < -0.39 is 0 Å². The monoisotopic (exact) mass is 324 g/mol. The number of rotatable bonds is 5. The predicted molar refractivity (Wildman–Crippen MR) is 84.1 cm³/mol. The lowest BCUT2D eigenvalue weighted by molar-refractivity contribution is 0.0954. The number of hydrogen-bond acceptors (Lipinski definition) is 4. The molecule has 0 unspecified atom stereocenters. The molecule has 1 amide bonds. The number of para-hydroxylation sites is 1. The zero-order valence-corrected chi connectivity index (χ0v) is 12.9. The van der Waals surface area contributed by atoms with Crippen molar-refractivity contribution in [3.05, 3.63) is 52.3 Å². The van der Waals surface area contributed by atoms with Crippen molar-refractivity contribution in [1.82, 2.24) is 15.5 Å². The van der Waals surface area contributed by atoms with Gasteiger partial charge in [-0.3, -0.25) is 4.79 Å². The van der Waals surface area contributed by atoms with Gasteiger partial charge in [0.15, 0.2) is 10.3 Å². The van der Waals surface area contributed by atoms with Crippen molar-refractivity contribution in [2.24, 2.45) is 0 Å². The van der Waals surface area contributed by atoms with Crippen LogP contribution in [0.3, 0.4) is 0 Å². The lowest BCUT2D eigenvalue weighted by atomic mass is 10.3. The van der Waals surface area contributed by atoms with Gasteiger partial charge in [0.25, 0.3) is 5.91 Å². The van der Waals surface area contributed by atoms with E-state index in [1.54, 1.807) is 0 Å². The van der Waals surface area contributed by atoms with Crippen LogP contribution in [0.5, 0.6) is 0 Å². The van der Waals surface area contributed by atoms with Crippen molar-refractivity contribution in [3.63, 3.8) is 0 Å². The summed E-state index contributed by atoms with van der Waals surface area (Å²) in [7, 11) is 1.96. The van der Waals surface area contributed by atoms with Gasteiger partial charge in [-0.25, -0.2) is 0 Å². The van der Waals surface area contributed by atoms with E-state index in [4.69, 9.17) is 23.2 Å². The van der Waals surface area contributed by atoms with Crippen LogP contribution in [0.4, 0.5) is 5.69 Å². The molecule has 0 spiro atoms. The molecule has 110 valence electrons. The Morgan fingerprint density at radius 3 is 2.67 bits per heavy atom. The molecular weight excluding hydrogens is 311 g/mol. The summed E-state index contributed by atoms with van der Waals surface area (Å²) in [5, 5.41) is 10.1. The minimum absolute atomic E-state index is 0.0355. The first kappa shape index (κ1) is 15.5. The lowest BCUT2D eigenvalue weighted by Gasteiger charge is -2.19. The van der Waals surface area contributed by atoms with Gasteiger partial charge in [0.2, 0.25) is 0 Å². The number of anilines is 1. The first-order valence-electron chi connectivity index (χ1n) is 6.31. The Hall–Kier alpha value is -1.85. The maximum Gasteiger partial charge on any atom is 0.254 e. The average Bonchev–Trinajstić information content (AvgIpc) is 2.50. The highest BCUT2D eigenvalue weighted by Gasteiger charge is 2.12. The Labute approximate surface area is 132 Å². The zero-order chi connectivity index (χ0) is 15.2. The van der Waals surface area contributed by atoms with E-state index in [0.29, 0.717) is 13.1 Å². The summed E-state index contributed by atoms with van der Waals surface area (Å²) in [4.78, 5) is 14.0. The summed E-state index contributed by atoms with van der Waals surface area (Å²) in [6, 6.07) is 11.3. The van der Waals surface area contributed by atoms with Crippen molar-refractivity contribution < 1.29 is 4.79 Å². The summed E-state index contributed by atoms with van der Waals surface area (Å²) in [6.45, 7) is 1.14. The van der Waals surface area contributed by atoms with Gasteiger partial charge in [-0.05, 0) is 18.2 Å². The fourth-order valence-electron chi connectivity index (χ4n) is 1.76. The van der Waals surface area contributed by atoms with E-state index in [1.807, 2.05) is 42.3 Å². The quantitative estimate of drug-likeness (QED) is 0.918. The molecule has 0 saturated heterocycles. The minimum atomic E-state index is -0.321. The number of nitrogens with one attached hydrogen (secondary N) is 1. The summed E-state index contributed by atoms with van der Waals surface area (Å²) in [5.41, 5.74) is 1.30. The molecule has 0 bridgehead atoms. The molecule has 21 heavy (non-hydrogen) atoms. The summed E-state index contributed by atoms with van der Waals surface area (Å²) < 4.78 is 0. The SMILES string of the molecule is CN(CCNC(=O)c1cc(Cl)nnc1Cl)c1ccccc1. The van der Waals surface area contributed by atoms with Crippen LogP contribution >= 0.6 is 23.2 Å². The molecule has 1 N–H and O–H groups in total. The smallest absolute Gasteiger partial charge is 0.254 e. The van der Waals surface area contributed by atoms with Gasteiger partial charge < -0.3 is 10.2 Å². The van der Waals surface area contributed by atoms with Crippen molar-refractivity contribution in [2.45, 2.75) is 0 Å². The summed E-state index contributed by atoms with van der Waals surface area (Å²) in [6.07, 6.45) is 0. The number of carbonyl (C=O) groups is 1. The number of aromatic nitrogens is 2. The molecule has 0 saturated carbocycles.